The fraction of sp³-hybridized carbons (Fsp3) is 0.263. The van der Waals surface area contributed by atoms with Gasteiger partial charge in [0.1, 0.15) is 0 Å². The predicted molar refractivity (Wildman–Crippen MR) is 99.4 cm³/mol. The molecule has 5 heteroatoms. The van der Waals surface area contributed by atoms with Crippen LogP contribution < -0.4 is 10.7 Å². The molecule has 0 atom stereocenters. The first-order valence-electron chi connectivity index (χ1n) is 7.66. The number of aromatic carboxylic acids is 1. The van der Waals surface area contributed by atoms with E-state index in [1.807, 2.05) is 18.2 Å². The van der Waals surface area contributed by atoms with Gasteiger partial charge in [-0.1, -0.05) is 42.9 Å². The Balaban J connectivity index is 2.91. The van der Waals surface area contributed by atoms with Gasteiger partial charge in [0, 0.05) is 11.4 Å². The normalized spacial score (nSPS) is 11.2. The first-order chi connectivity index (χ1) is 11.1. The minimum Gasteiger partial charge on any atom is -0.478 e. The van der Waals surface area contributed by atoms with E-state index in [4.69, 9.17) is 6.42 Å². The first kappa shape index (κ1) is 17.8. The zero-order chi connectivity index (χ0) is 18.2. The number of carboxylic acid groups (broad SMARTS) is 1. The molecule has 2 rings (SSSR count). The van der Waals surface area contributed by atoms with Crippen molar-refractivity contribution in [3.8, 4) is 18.0 Å². The van der Waals surface area contributed by atoms with Crippen molar-refractivity contribution in [2.75, 3.05) is 0 Å². The van der Waals surface area contributed by atoms with Crippen LogP contribution in [0.4, 0.5) is 0 Å². The van der Waals surface area contributed by atoms with Crippen LogP contribution in [0, 0.1) is 26.2 Å². The summed E-state index contributed by atoms with van der Waals surface area (Å²) in [5.41, 5.74) is 1.20. The number of benzene rings is 1. The average molecular weight is 339 g/mol. The van der Waals surface area contributed by atoms with Crippen molar-refractivity contribution in [2.24, 2.45) is 0 Å². The van der Waals surface area contributed by atoms with E-state index in [9.17, 15) is 14.7 Å². The molecule has 0 aliphatic carbocycles. The monoisotopic (exact) mass is 339 g/mol. The number of nitrogens with zero attached hydrogens (tertiary/aromatic N) is 1. The van der Waals surface area contributed by atoms with Gasteiger partial charge in [-0.3, -0.25) is 9.36 Å². The Labute approximate surface area is 142 Å². The van der Waals surface area contributed by atoms with E-state index >= 15 is 0 Å². The summed E-state index contributed by atoms with van der Waals surface area (Å²) in [7, 11) is -1.57. The number of carboxylic acids is 1. The molecule has 0 amide bonds. The average Bonchev–Trinajstić information content (AvgIpc) is 2.46. The van der Waals surface area contributed by atoms with Crippen LogP contribution >= 0.6 is 0 Å². The summed E-state index contributed by atoms with van der Waals surface area (Å²) in [5.74, 6) is 1.27. The molecule has 124 valence electrons. The van der Waals surface area contributed by atoms with Gasteiger partial charge in [0.15, 0.2) is 0 Å². The topological polar surface area (TPSA) is 59.3 Å². The van der Waals surface area contributed by atoms with E-state index in [0.29, 0.717) is 16.9 Å². The highest BCUT2D eigenvalue weighted by molar-refractivity contribution is 6.88. The molecule has 2 aromatic rings. The molecule has 0 spiro atoms. The van der Waals surface area contributed by atoms with Gasteiger partial charge < -0.3 is 5.11 Å². The van der Waals surface area contributed by atoms with Gasteiger partial charge in [0.25, 0.3) is 5.56 Å². The van der Waals surface area contributed by atoms with Crippen molar-refractivity contribution in [1.82, 2.24) is 4.57 Å². The standard InChI is InChI=1S/C19H21NO3Si/c1-7-16-12(2)17(19(22)23)13(3)20(18(16)21)14-9-8-10-15(11-14)24(4,5)6/h1,8-11H,2-6H3,(H,22,23). The summed E-state index contributed by atoms with van der Waals surface area (Å²) in [6.07, 6.45) is 5.47. The van der Waals surface area contributed by atoms with Gasteiger partial charge in [-0.15, -0.1) is 6.42 Å². The van der Waals surface area contributed by atoms with Crippen LogP contribution in [0.15, 0.2) is 29.1 Å². The van der Waals surface area contributed by atoms with Crippen molar-refractivity contribution >= 4 is 19.2 Å². The molecule has 24 heavy (non-hydrogen) atoms. The Morgan fingerprint density at radius 2 is 1.88 bits per heavy atom. The van der Waals surface area contributed by atoms with Crippen LogP contribution in [0.3, 0.4) is 0 Å². The summed E-state index contributed by atoms with van der Waals surface area (Å²) in [6.45, 7) is 9.86. The van der Waals surface area contributed by atoms with Crippen LogP contribution in [0.5, 0.6) is 0 Å². The van der Waals surface area contributed by atoms with E-state index in [1.165, 1.54) is 9.75 Å². The molecule has 1 N–H and O–H groups in total. The van der Waals surface area contributed by atoms with Gasteiger partial charge in [-0.2, -0.15) is 0 Å². The summed E-state index contributed by atoms with van der Waals surface area (Å²) in [5, 5.41) is 10.7. The minimum absolute atomic E-state index is 0.0842. The fourth-order valence-electron chi connectivity index (χ4n) is 2.84. The van der Waals surface area contributed by atoms with Crippen molar-refractivity contribution < 1.29 is 9.90 Å². The van der Waals surface area contributed by atoms with Crippen LogP contribution in [0.1, 0.15) is 27.2 Å². The lowest BCUT2D eigenvalue weighted by Crippen LogP contribution is -2.38. The van der Waals surface area contributed by atoms with E-state index in [-0.39, 0.29) is 16.7 Å². The third kappa shape index (κ3) is 2.93. The number of carbonyl (C=O) groups is 1. The van der Waals surface area contributed by atoms with E-state index in [0.717, 1.165) is 0 Å². The maximum atomic E-state index is 12.8. The smallest absolute Gasteiger partial charge is 0.337 e. The lowest BCUT2D eigenvalue weighted by Gasteiger charge is -2.20. The molecule has 0 aliphatic heterocycles. The molecule has 0 unspecified atom stereocenters. The first-order valence-corrected chi connectivity index (χ1v) is 11.2. The van der Waals surface area contributed by atoms with Crippen molar-refractivity contribution in [3.63, 3.8) is 0 Å². The lowest BCUT2D eigenvalue weighted by molar-refractivity contribution is 0.0694. The SMILES string of the molecule is C#Cc1c(C)c(C(=O)O)c(C)n(-c2cccc([Si](C)(C)C)c2)c1=O. The zero-order valence-corrected chi connectivity index (χ0v) is 15.6. The molecule has 1 aromatic heterocycles. The second-order valence-corrected chi connectivity index (χ2v) is 11.9. The molecule has 1 aromatic carbocycles. The number of pyridine rings is 1. The van der Waals surface area contributed by atoms with E-state index in [1.54, 1.807) is 19.9 Å². The van der Waals surface area contributed by atoms with Gasteiger partial charge in [0.05, 0.1) is 19.2 Å². The number of hydrogen-bond donors (Lipinski definition) is 1. The Morgan fingerprint density at radius 1 is 1.25 bits per heavy atom. The summed E-state index contributed by atoms with van der Waals surface area (Å²) in [4.78, 5) is 24.5. The largest absolute Gasteiger partial charge is 0.478 e. The highest BCUT2D eigenvalue weighted by Crippen LogP contribution is 2.18. The summed E-state index contributed by atoms with van der Waals surface area (Å²) < 4.78 is 1.41. The number of hydrogen-bond acceptors (Lipinski definition) is 2. The van der Waals surface area contributed by atoms with Crippen LogP contribution in [0.25, 0.3) is 5.69 Å². The number of terminal acetylenes is 1. The van der Waals surface area contributed by atoms with Gasteiger partial charge in [0.2, 0.25) is 0 Å². The molecular weight excluding hydrogens is 318 g/mol. The number of aromatic nitrogens is 1. The number of rotatable bonds is 3. The van der Waals surface area contributed by atoms with Crippen molar-refractivity contribution in [2.45, 2.75) is 33.5 Å². The molecule has 0 fully saturated rings. The summed E-state index contributed by atoms with van der Waals surface area (Å²) in [6, 6.07) is 7.70. The molecule has 4 nitrogen and oxygen atoms in total. The van der Waals surface area contributed by atoms with E-state index in [2.05, 4.69) is 25.6 Å². The molecular formula is C19H21NO3Si. The Morgan fingerprint density at radius 3 is 2.38 bits per heavy atom. The van der Waals surface area contributed by atoms with Crippen molar-refractivity contribution in [3.05, 3.63) is 57.0 Å². The second kappa shape index (κ2) is 6.14. The van der Waals surface area contributed by atoms with Gasteiger partial charge >= 0.3 is 5.97 Å². The Bertz CT molecular complexity index is 927. The minimum atomic E-state index is -1.57. The quantitative estimate of drug-likeness (QED) is 0.691. The molecule has 0 bridgehead atoms. The summed E-state index contributed by atoms with van der Waals surface area (Å²) >= 11 is 0. The zero-order valence-electron chi connectivity index (χ0n) is 14.6. The Kier molecular flexibility index (Phi) is 4.54. The van der Waals surface area contributed by atoms with Crippen molar-refractivity contribution in [1.29, 1.82) is 0 Å². The van der Waals surface area contributed by atoms with Crippen LogP contribution in [-0.2, 0) is 0 Å². The fourth-order valence-corrected chi connectivity index (χ4v) is 4.02. The van der Waals surface area contributed by atoms with Gasteiger partial charge in [-0.05, 0) is 31.5 Å². The molecule has 1 heterocycles. The van der Waals surface area contributed by atoms with E-state index < -0.39 is 14.0 Å². The molecule has 0 saturated heterocycles. The molecule has 0 aliphatic rings. The maximum Gasteiger partial charge on any atom is 0.337 e. The molecule has 0 saturated carbocycles. The highest BCUT2D eigenvalue weighted by atomic mass is 28.3. The van der Waals surface area contributed by atoms with Gasteiger partial charge in [-0.25, -0.2) is 4.79 Å². The second-order valence-electron chi connectivity index (χ2n) is 6.85. The lowest BCUT2D eigenvalue weighted by atomic mass is 10.0. The molecule has 0 radical (unpaired) electrons. The third-order valence-corrected chi connectivity index (χ3v) is 6.24. The highest BCUT2D eigenvalue weighted by Gasteiger charge is 2.22. The maximum absolute atomic E-state index is 12.8. The third-order valence-electron chi connectivity index (χ3n) is 4.19. The Hall–Kier alpha value is -2.58. The van der Waals surface area contributed by atoms with Crippen LogP contribution in [-0.4, -0.2) is 23.7 Å². The predicted octanol–water partition coefficient (Wildman–Crippen LogP) is 2.68. The van der Waals surface area contributed by atoms with Crippen LogP contribution in [0.2, 0.25) is 19.6 Å².